The Bertz CT molecular complexity index is 1250. The topological polar surface area (TPSA) is 60.2 Å². The van der Waals surface area contributed by atoms with Gasteiger partial charge in [-0.25, -0.2) is 0 Å². The minimum absolute atomic E-state index is 0.0391. The van der Waals surface area contributed by atoms with Crippen LogP contribution in [-0.2, 0) is 16.1 Å². The molecule has 4 aromatic rings. The quantitative estimate of drug-likeness (QED) is 0.321. The summed E-state index contributed by atoms with van der Waals surface area (Å²) in [6.45, 7) is 5.81. The second-order valence-electron chi connectivity index (χ2n) is 7.75. The Kier molecular flexibility index (Phi) is 7.42. The Morgan fingerprint density at radius 2 is 1.85 bits per heavy atom. The van der Waals surface area contributed by atoms with E-state index in [4.69, 9.17) is 4.74 Å². The van der Waals surface area contributed by atoms with E-state index in [9.17, 15) is 4.79 Å². The largest absolute Gasteiger partial charge is 0.383 e. The first-order chi connectivity index (χ1) is 16.1. The highest BCUT2D eigenvalue weighted by molar-refractivity contribution is 7.99. The Hall–Kier alpha value is -3.16. The van der Waals surface area contributed by atoms with Crippen molar-refractivity contribution in [3.8, 4) is 11.4 Å². The van der Waals surface area contributed by atoms with Crippen LogP contribution in [0.5, 0.6) is 0 Å². The van der Waals surface area contributed by atoms with Gasteiger partial charge in [0.2, 0.25) is 5.91 Å². The molecule has 7 heteroatoms. The molecule has 170 valence electrons. The number of hydrogen-bond acceptors (Lipinski definition) is 5. The molecule has 3 aromatic carbocycles. The molecule has 0 atom stereocenters. The fourth-order valence-electron chi connectivity index (χ4n) is 3.91. The van der Waals surface area contributed by atoms with Crippen LogP contribution in [0.15, 0.2) is 71.9 Å². The zero-order valence-electron chi connectivity index (χ0n) is 19.2. The lowest BCUT2D eigenvalue weighted by atomic mass is 10.1. The molecule has 33 heavy (non-hydrogen) atoms. The average Bonchev–Trinajstić information content (AvgIpc) is 3.24. The van der Waals surface area contributed by atoms with E-state index in [-0.39, 0.29) is 11.7 Å². The Balaban J connectivity index is 1.57. The summed E-state index contributed by atoms with van der Waals surface area (Å²) in [5.74, 6) is 1.10. The summed E-state index contributed by atoms with van der Waals surface area (Å²) in [5, 5.41) is 11.7. The van der Waals surface area contributed by atoms with Crippen LogP contribution in [0.4, 0.5) is 5.69 Å². The maximum Gasteiger partial charge on any atom is 0.237 e. The van der Waals surface area contributed by atoms with Crippen molar-refractivity contribution in [2.24, 2.45) is 0 Å². The Morgan fingerprint density at radius 1 is 1.06 bits per heavy atom. The van der Waals surface area contributed by atoms with Gasteiger partial charge in [-0.15, -0.1) is 10.2 Å². The fraction of sp³-hybridized carbons (Fsp3) is 0.269. The number of benzene rings is 3. The van der Waals surface area contributed by atoms with Crippen molar-refractivity contribution in [1.82, 2.24) is 14.8 Å². The molecule has 1 heterocycles. The molecule has 1 amide bonds. The first kappa shape index (κ1) is 23.0. The molecule has 0 saturated heterocycles. The number of methoxy groups -OCH3 is 1. The van der Waals surface area contributed by atoms with Crippen molar-refractivity contribution >= 4 is 34.1 Å². The highest BCUT2D eigenvalue weighted by Gasteiger charge is 2.20. The van der Waals surface area contributed by atoms with Gasteiger partial charge in [-0.2, -0.15) is 0 Å². The molecule has 0 N–H and O–H groups in total. The third-order valence-corrected chi connectivity index (χ3v) is 6.46. The van der Waals surface area contributed by atoms with Crippen molar-refractivity contribution in [1.29, 1.82) is 0 Å². The van der Waals surface area contributed by atoms with Gasteiger partial charge in [0.1, 0.15) is 0 Å². The molecule has 0 aliphatic heterocycles. The van der Waals surface area contributed by atoms with E-state index in [1.807, 2.05) is 52.8 Å². The average molecular weight is 461 g/mol. The van der Waals surface area contributed by atoms with Gasteiger partial charge in [0.15, 0.2) is 11.0 Å². The molecule has 0 aliphatic rings. The second-order valence-corrected chi connectivity index (χ2v) is 8.69. The van der Waals surface area contributed by atoms with Crippen molar-refractivity contribution in [3.05, 3.63) is 72.3 Å². The zero-order valence-corrected chi connectivity index (χ0v) is 20.0. The van der Waals surface area contributed by atoms with E-state index in [1.54, 1.807) is 7.11 Å². The van der Waals surface area contributed by atoms with Crippen LogP contribution < -0.4 is 4.90 Å². The highest BCUT2D eigenvalue weighted by Crippen LogP contribution is 2.29. The third-order valence-electron chi connectivity index (χ3n) is 5.51. The molecule has 0 fully saturated rings. The lowest BCUT2D eigenvalue weighted by Crippen LogP contribution is -2.32. The summed E-state index contributed by atoms with van der Waals surface area (Å²) < 4.78 is 7.34. The normalized spacial score (nSPS) is 11.1. The number of carbonyl (C=O) groups excluding carboxylic acids is 1. The number of aryl methyl sites for hydroxylation is 1. The summed E-state index contributed by atoms with van der Waals surface area (Å²) in [6.07, 6.45) is 0. The fourth-order valence-corrected chi connectivity index (χ4v) is 4.75. The van der Waals surface area contributed by atoms with Gasteiger partial charge in [-0.1, -0.05) is 71.9 Å². The summed E-state index contributed by atoms with van der Waals surface area (Å²) in [6, 6.07) is 22.4. The highest BCUT2D eigenvalue weighted by atomic mass is 32.2. The number of nitrogens with zero attached hydrogens (tertiary/aromatic N) is 4. The minimum Gasteiger partial charge on any atom is -0.383 e. The van der Waals surface area contributed by atoms with Gasteiger partial charge in [0, 0.05) is 24.6 Å². The smallest absolute Gasteiger partial charge is 0.237 e. The van der Waals surface area contributed by atoms with Crippen LogP contribution in [0.3, 0.4) is 0 Å². The van der Waals surface area contributed by atoms with Gasteiger partial charge >= 0.3 is 0 Å². The molecule has 0 radical (unpaired) electrons. The standard InChI is InChI=1S/C26H28N4O2S/c1-4-29(23-14-8-11-20-10-5-6-13-22(20)23)24(31)18-33-26-28-27-25(30(26)15-16-32-3)21-12-7-9-19(2)17-21/h5-14,17H,4,15-16,18H2,1-3H3. The van der Waals surface area contributed by atoms with Crippen LogP contribution >= 0.6 is 11.8 Å². The lowest BCUT2D eigenvalue weighted by Gasteiger charge is -2.22. The molecule has 6 nitrogen and oxygen atoms in total. The first-order valence-electron chi connectivity index (χ1n) is 11.0. The number of fused-ring (bicyclic) bond motifs is 1. The van der Waals surface area contributed by atoms with Crippen LogP contribution in [-0.4, -0.2) is 46.7 Å². The molecule has 0 bridgehead atoms. The predicted molar refractivity (Wildman–Crippen MR) is 135 cm³/mol. The molecule has 4 rings (SSSR count). The lowest BCUT2D eigenvalue weighted by molar-refractivity contribution is -0.116. The molecular weight excluding hydrogens is 432 g/mol. The van der Waals surface area contributed by atoms with Gasteiger partial charge in [0.05, 0.1) is 24.6 Å². The molecule has 0 spiro atoms. The van der Waals surface area contributed by atoms with Crippen LogP contribution in [0.25, 0.3) is 22.2 Å². The van der Waals surface area contributed by atoms with Crippen LogP contribution in [0.2, 0.25) is 0 Å². The first-order valence-corrected chi connectivity index (χ1v) is 12.0. The third kappa shape index (κ3) is 5.10. The number of ether oxygens (including phenoxy) is 1. The number of carbonyl (C=O) groups is 1. The molecule has 0 saturated carbocycles. The monoisotopic (exact) mass is 460 g/mol. The van der Waals surface area contributed by atoms with E-state index < -0.39 is 0 Å². The van der Waals surface area contributed by atoms with E-state index in [0.717, 1.165) is 33.4 Å². The SMILES string of the molecule is CCN(C(=O)CSc1nnc(-c2cccc(C)c2)n1CCOC)c1cccc2ccccc12. The number of anilines is 1. The molecular formula is C26H28N4O2S. The van der Waals surface area contributed by atoms with Gasteiger partial charge in [-0.05, 0) is 31.4 Å². The van der Waals surface area contributed by atoms with Crippen molar-refractivity contribution in [2.45, 2.75) is 25.5 Å². The Labute approximate surface area is 198 Å². The van der Waals surface area contributed by atoms with Crippen molar-refractivity contribution in [2.75, 3.05) is 30.9 Å². The summed E-state index contributed by atoms with van der Waals surface area (Å²) in [7, 11) is 1.68. The number of aromatic nitrogens is 3. The van der Waals surface area contributed by atoms with Crippen molar-refractivity contribution in [3.63, 3.8) is 0 Å². The second kappa shape index (κ2) is 10.6. The Morgan fingerprint density at radius 3 is 2.64 bits per heavy atom. The zero-order chi connectivity index (χ0) is 23.2. The minimum atomic E-state index is 0.0391. The number of rotatable bonds is 9. The number of thioether (sulfide) groups is 1. The molecule has 0 unspecified atom stereocenters. The van der Waals surface area contributed by atoms with Gasteiger partial charge in [0.25, 0.3) is 0 Å². The van der Waals surface area contributed by atoms with Gasteiger partial charge < -0.3 is 9.64 Å². The maximum absolute atomic E-state index is 13.3. The summed E-state index contributed by atoms with van der Waals surface area (Å²) in [4.78, 5) is 15.1. The molecule has 1 aromatic heterocycles. The number of amides is 1. The van der Waals surface area contributed by atoms with E-state index in [0.29, 0.717) is 24.9 Å². The maximum atomic E-state index is 13.3. The summed E-state index contributed by atoms with van der Waals surface area (Å²) >= 11 is 1.41. The molecule has 0 aliphatic carbocycles. The van der Waals surface area contributed by atoms with Crippen LogP contribution in [0, 0.1) is 6.92 Å². The van der Waals surface area contributed by atoms with E-state index in [1.165, 1.54) is 11.8 Å². The van der Waals surface area contributed by atoms with Crippen LogP contribution in [0.1, 0.15) is 12.5 Å². The van der Waals surface area contributed by atoms with Gasteiger partial charge in [-0.3, -0.25) is 9.36 Å². The van der Waals surface area contributed by atoms with E-state index in [2.05, 4.69) is 47.5 Å². The number of hydrogen-bond donors (Lipinski definition) is 0. The summed E-state index contributed by atoms with van der Waals surface area (Å²) in [5.41, 5.74) is 3.09. The van der Waals surface area contributed by atoms with Crippen molar-refractivity contribution < 1.29 is 9.53 Å². The predicted octanol–water partition coefficient (Wildman–Crippen LogP) is 5.20. The van der Waals surface area contributed by atoms with E-state index >= 15 is 0 Å².